The van der Waals surface area contributed by atoms with Crippen LogP contribution >= 0.6 is 11.3 Å². The van der Waals surface area contributed by atoms with E-state index < -0.39 is 52.8 Å². The van der Waals surface area contributed by atoms with Crippen molar-refractivity contribution in [1.29, 1.82) is 0 Å². The van der Waals surface area contributed by atoms with Gasteiger partial charge in [0.25, 0.3) is 11.8 Å². The number of anilines is 1. The van der Waals surface area contributed by atoms with Gasteiger partial charge in [0.15, 0.2) is 5.69 Å². The molecule has 33 heavy (non-hydrogen) atoms. The van der Waals surface area contributed by atoms with Gasteiger partial charge in [0.05, 0.1) is 5.56 Å². The second-order valence-electron chi connectivity index (χ2n) is 6.92. The molecule has 0 bridgehead atoms. The minimum Gasteiger partial charge on any atom is -0.339 e. The molecular formula is C20H10F7N3O2S. The van der Waals surface area contributed by atoms with Gasteiger partial charge in [0.2, 0.25) is 0 Å². The highest BCUT2D eigenvalue weighted by Gasteiger charge is 2.38. The minimum atomic E-state index is -4.90. The first kappa shape index (κ1) is 22.7. The molecule has 2 aromatic carbocycles. The number of hydrogen-bond acceptors (Lipinski definition) is 4. The van der Waals surface area contributed by atoms with Crippen LogP contribution in [0.3, 0.4) is 0 Å². The zero-order valence-corrected chi connectivity index (χ0v) is 16.8. The largest absolute Gasteiger partial charge is 0.434 e. The first-order chi connectivity index (χ1) is 15.3. The fourth-order valence-corrected chi connectivity index (χ4v) is 4.16. The van der Waals surface area contributed by atoms with Gasteiger partial charge in [-0.2, -0.15) is 26.3 Å². The van der Waals surface area contributed by atoms with E-state index in [1.165, 1.54) is 18.2 Å². The van der Waals surface area contributed by atoms with Crippen molar-refractivity contribution in [2.24, 2.45) is 0 Å². The van der Waals surface area contributed by atoms with Crippen LogP contribution in [0.25, 0.3) is 0 Å². The molecule has 5 nitrogen and oxygen atoms in total. The van der Waals surface area contributed by atoms with Crippen molar-refractivity contribution in [2.45, 2.75) is 18.4 Å². The Morgan fingerprint density at radius 3 is 2.42 bits per heavy atom. The Morgan fingerprint density at radius 2 is 1.79 bits per heavy atom. The molecule has 172 valence electrons. The second kappa shape index (κ2) is 7.83. The molecule has 0 aliphatic carbocycles. The van der Waals surface area contributed by atoms with E-state index in [-0.39, 0.29) is 27.9 Å². The Balaban J connectivity index is 1.71. The molecule has 2 heterocycles. The molecule has 13 heteroatoms. The maximum Gasteiger partial charge on any atom is 0.434 e. The number of nitrogens with zero attached hydrogens (tertiary/aromatic N) is 1. The lowest BCUT2D eigenvalue weighted by molar-refractivity contribution is -0.141. The summed E-state index contributed by atoms with van der Waals surface area (Å²) in [6, 6.07) is 4.20. The summed E-state index contributed by atoms with van der Waals surface area (Å²) >= 11 is 0.637. The van der Waals surface area contributed by atoms with Crippen LogP contribution in [0.2, 0.25) is 0 Å². The highest BCUT2D eigenvalue weighted by molar-refractivity contribution is 7.09. The minimum absolute atomic E-state index is 0.0387. The Kier molecular flexibility index (Phi) is 5.39. The lowest BCUT2D eigenvalue weighted by Crippen LogP contribution is -2.21. The quantitative estimate of drug-likeness (QED) is 0.484. The SMILES string of the molecule is O=C(Nc1cccc2c1C(c1nc(C(F)(F)F)cs1)NC2=O)c1cc(F)cc(C(F)(F)F)c1. The summed E-state index contributed by atoms with van der Waals surface area (Å²) in [5.74, 6) is -3.04. The Hall–Kier alpha value is -3.48. The second-order valence-corrected chi connectivity index (χ2v) is 7.81. The molecule has 1 aliphatic rings. The molecule has 2 amide bonds. The summed E-state index contributed by atoms with van der Waals surface area (Å²) in [7, 11) is 0. The van der Waals surface area contributed by atoms with Gasteiger partial charge in [0.1, 0.15) is 16.9 Å². The van der Waals surface area contributed by atoms with Crippen LogP contribution < -0.4 is 10.6 Å². The van der Waals surface area contributed by atoms with Crippen molar-refractivity contribution in [3.63, 3.8) is 0 Å². The molecule has 1 aromatic heterocycles. The molecule has 0 spiro atoms. The van der Waals surface area contributed by atoms with E-state index in [1.54, 1.807) is 0 Å². The van der Waals surface area contributed by atoms with Crippen LogP contribution in [-0.4, -0.2) is 16.8 Å². The van der Waals surface area contributed by atoms with Crippen molar-refractivity contribution in [3.05, 3.63) is 80.6 Å². The van der Waals surface area contributed by atoms with Crippen LogP contribution in [-0.2, 0) is 12.4 Å². The number of alkyl halides is 6. The van der Waals surface area contributed by atoms with Gasteiger partial charge in [0, 0.05) is 27.8 Å². The smallest absolute Gasteiger partial charge is 0.339 e. The molecule has 0 saturated carbocycles. The van der Waals surface area contributed by atoms with Gasteiger partial charge in [-0.25, -0.2) is 9.37 Å². The molecule has 0 saturated heterocycles. The summed E-state index contributed by atoms with van der Waals surface area (Å²) in [6.07, 6.45) is -9.60. The number of nitrogens with one attached hydrogen (secondary N) is 2. The Morgan fingerprint density at radius 1 is 1.06 bits per heavy atom. The topological polar surface area (TPSA) is 71.1 Å². The van der Waals surface area contributed by atoms with Crippen LogP contribution in [0, 0.1) is 5.82 Å². The van der Waals surface area contributed by atoms with Crippen LogP contribution in [0.4, 0.5) is 36.4 Å². The maximum absolute atomic E-state index is 13.7. The fraction of sp³-hybridized carbons (Fsp3) is 0.150. The average Bonchev–Trinajstić information content (AvgIpc) is 3.33. The number of aromatic nitrogens is 1. The van der Waals surface area contributed by atoms with Gasteiger partial charge in [-0.1, -0.05) is 6.07 Å². The van der Waals surface area contributed by atoms with E-state index in [4.69, 9.17) is 0 Å². The first-order valence-corrected chi connectivity index (χ1v) is 9.88. The number of halogens is 7. The zero-order chi connectivity index (χ0) is 24.1. The number of thiazole rings is 1. The maximum atomic E-state index is 13.7. The van der Waals surface area contributed by atoms with E-state index in [2.05, 4.69) is 15.6 Å². The fourth-order valence-electron chi connectivity index (χ4n) is 3.28. The third-order valence-corrected chi connectivity index (χ3v) is 5.62. The van der Waals surface area contributed by atoms with Crippen molar-refractivity contribution in [1.82, 2.24) is 10.3 Å². The van der Waals surface area contributed by atoms with Gasteiger partial charge < -0.3 is 10.6 Å². The van der Waals surface area contributed by atoms with E-state index in [0.717, 1.165) is 5.38 Å². The summed E-state index contributed by atoms with van der Waals surface area (Å²) in [5.41, 5.74) is -3.10. The summed E-state index contributed by atoms with van der Waals surface area (Å²) in [6.45, 7) is 0. The number of benzene rings is 2. The third-order valence-electron chi connectivity index (χ3n) is 4.71. The van der Waals surface area contributed by atoms with Crippen molar-refractivity contribution >= 4 is 28.8 Å². The van der Waals surface area contributed by atoms with Gasteiger partial charge >= 0.3 is 12.4 Å². The zero-order valence-electron chi connectivity index (χ0n) is 15.9. The van der Waals surface area contributed by atoms with E-state index in [1.807, 2.05) is 0 Å². The molecule has 2 N–H and O–H groups in total. The predicted octanol–water partition coefficient (Wildman–Crippen LogP) is 5.40. The summed E-state index contributed by atoms with van der Waals surface area (Å²) in [5, 5.41) is 5.44. The standard InChI is InChI=1S/C20H10F7N3O2S/c21-10-5-8(4-9(6-10)19(22,23)24)16(31)28-12-3-1-2-11-14(12)15(30-17(11)32)18-29-13(7-33-18)20(25,26)27/h1-7,15H,(H,28,31)(H,30,32). The number of hydrogen-bond donors (Lipinski definition) is 2. The summed E-state index contributed by atoms with van der Waals surface area (Å²) in [4.78, 5) is 28.4. The molecular weight excluding hydrogens is 479 g/mol. The van der Waals surface area contributed by atoms with Crippen molar-refractivity contribution in [3.8, 4) is 0 Å². The molecule has 0 radical (unpaired) electrons. The van der Waals surface area contributed by atoms with Gasteiger partial charge in [-0.3, -0.25) is 9.59 Å². The average molecular weight is 489 g/mol. The predicted molar refractivity (Wildman–Crippen MR) is 102 cm³/mol. The van der Waals surface area contributed by atoms with Crippen LogP contribution in [0.1, 0.15) is 48.6 Å². The lowest BCUT2D eigenvalue weighted by Gasteiger charge is -2.15. The molecule has 3 aromatic rings. The normalized spacial score (nSPS) is 15.8. The van der Waals surface area contributed by atoms with E-state index in [0.29, 0.717) is 23.5 Å². The number of carbonyl (C=O) groups is 2. The molecule has 4 rings (SSSR count). The summed E-state index contributed by atoms with van der Waals surface area (Å²) < 4.78 is 91.4. The third kappa shape index (κ3) is 4.40. The van der Waals surface area contributed by atoms with Crippen molar-refractivity contribution < 1.29 is 40.3 Å². The molecule has 0 fully saturated rings. The Labute approximate surface area is 184 Å². The highest BCUT2D eigenvalue weighted by Crippen LogP contribution is 2.40. The monoisotopic (exact) mass is 489 g/mol. The van der Waals surface area contributed by atoms with E-state index >= 15 is 0 Å². The molecule has 1 atom stereocenters. The molecule has 1 unspecified atom stereocenters. The van der Waals surface area contributed by atoms with E-state index in [9.17, 15) is 40.3 Å². The van der Waals surface area contributed by atoms with Crippen LogP contribution in [0.5, 0.6) is 0 Å². The number of carbonyl (C=O) groups excluding carboxylic acids is 2. The number of fused-ring (bicyclic) bond motifs is 1. The van der Waals surface area contributed by atoms with Crippen molar-refractivity contribution in [2.75, 3.05) is 5.32 Å². The Bertz CT molecular complexity index is 1270. The number of rotatable bonds is 3. The highest BCUT2D eigenvalue weighted by atomic mass is 32.1. The van der Waals surface area contributed by atoms with Crippen LogP contribution in [0.15, 0.2) is 41.8 Å². The molecule has 1 aliphatic heterocycles. The van der Waals surface area contributed by atoms with Gasteiger partial charge in [-0.05, 0) is 30.3 Å². The first-order valence-electron chi connectivity index (χ1n) is 9.00. The number of amides is 2. The lowest BCUT2D eigenvalue weighted by atomic mass is 10.0. The van der Waals surface area contributed by atoms with Gasteiger partial charge in [-0.15, -0.1) is 11.3 Å².